The van der Waals surface area contributed by atoms with Crippen molar-refractivity contribution >= 4 is 58.0 Å². The summed E-state index contributed by atoms with van der Waals surface area (Å²) in [6.07, 6.45) is 1.46. The van der Waals surface area contributed by atoms with Crippen molar-refractivity contribution in [3.05, 3.63) is 81.1 Å². The normalized spacial score (nSPS) is 10.7. The lowest BCUT2D eigenvalue weighted by molar-refractivity contribution is 0.103. The Labute approximate surface area is 164 Å². The van der Waals surface area contributed by atoms with E-state index < -0.39 is 0 Å². The number of pyridine rings is 1. The van der Waals surface area contributed by atoms with E-state index in [1.807, 2.05) is 12.1 Å². The first-order valence-electron chi connectivity index (χ1n) is 7.13. The van der Waals surface area contributed by atoms with Crippen molar-refractivity contribution < 1.29 is 4.79 Å². The number of anilines is 1. The van der Waals surface area contributed by atoms with Gasteiger partial charge in [-0.15, -0.1) is 0 Å². The molecule has 126 valence electrons. The van der Waals surface area contributed by atoms with E-state index in [4.69, 9.17) is 40.5 Å². The van der Waals surface area contributed by atoms with Crippen molar-refractivity contribution in [1.82, 2.24) is 4.98 Å². The number of nitrogen functional groups attached to an aromatic ring is 1. The molecule has 0 saturated carbocycles. The van der Waals surface area contributed by atoms with Crippen LogP contribution in [0.25, 0.3) is 0 Å². The molecule has 3 nitrogen and oxygen atoms in total. The molecule has 2 N–H and O–H groups in total. The smallest absolute Gasteiger partial charge is 0.194 e. The summed E-state index contributed by atoms with van der Waals surface area (Å²) in [5.74, 6) is -0.121. The molecule has 0 aliphatic carbocycles. The number of rotatable bonds is 4. The quantitative estimate of drug-likeness (QED) is 0.326. The fourth-order valence-electron chi connectivity index (χ4n) is 2.15. The molecular weight excluding hydrogens is 399 g/mol. The summed E-state index contributed by atoms with van der Waals surface area (Å²) in [6, 6.07) is 13.7. The zero-order valence-corrected chi connectivity index (χ0v) is 15.8. The molecule has 0 atom stereocenters. The molecule has 0 unspecified atom stereocenters. The number of halogens is 3. The van der Waals surface area contributed by atoms with Crippen LogP contribution >= 0.6 is 46.6 Å². The number of benzene rings is 2. The predicted molar refractivity (Wildman–Crippen MR) is 104 cm³/mol. The van der Waals surface area contributed by atoms with Gasteiger partial charge < -0.3 is 5.73 Å². The van der Waals surface area contributed by atoms with Crippen molar-refractivity contribution in [1.29, 1.82) is 0 Å². The maximum absolute atomic E-state index is 12.4. The molecule has 0 aliphatic heterocycles. The van der Waals surface area contributed by atoms with Crippen molar-refractivity contribution in [2.75, 3.05) is 5.73 Å². The molecule has 1 heterocycles. The Balaban J connectivity index is 1.81. The lowest BCUT2D eigenvalue weighted by atomic mass is 10.1. The SMILES string of the molecule is Nc1cc(Cl)c(Sc2ccc(C(=O)c3ccc(Cl)nc3)cc2)c(Cl)c1. The van der Waals surface area contributed by atoms with E-state index in [1.165, 1.54) is 18.0 Å². The molecule has 7 heteroatoms. The highest BCUT2D eigenvalue weighted by Crippen LogP contribution is 2.40. The van der Waals surface area contributed by atoms with Crippen LogP contribution < -0.4 is 5.73 Å². The number of carbonyl (C=O) groups excluding carboxylic acids is 1. The Morgan fingerprint density at radius 2 is 1.52 bits per heavy atom. The molecule has 2 aromatic carbocycles. The third kappa shape index (κ3) is 4.28. The largest absolute Gasteiger partial charge is 0.399 e. The van der Waals surface area contributed by atoms with Crippen LogP contribution in [0.3, 0.4) is 0 Å². The summed E-state index contributed by atoms with van der Waals surface area (Å²) >= 11 is 19.6. The van der Waals surface area contributed by atoms with Crippen LogP contribution in [0.15, 0.2) is 64.5 Å². The molecule has 0 bridgehead atoms. The first-order chi connectivity index (χ1) is 11.9. The monoisotopic (exact) mass is 408 g/mol. The second-order valence-corrected chi connectivity index (χ2v) is 7.42. The van der Waals surface area contributed by atoms with Crippen molar-refractivity contribution in [3.8, 4) is 0 Å². The highest BCUT2D eigenvalue weighted by molar-refractivity contribution is 7.99. The van der Waals surface area contributed by atoms with Gasteiger partial charge in [-0.25, -0.2) is 4.98 Å². The van der Waals surface area contributed by atoms with Gasteiger partial charge in [0.25, 0.3) is 0 Å². The Hall–Kier alpha value is -1.72. The van der Waals surface area contributed by atoms with Gasteiger partial charge in [-0.05, 0) is 48.5 Å². The summed E-state index contributed by atoms with van der Waals surface area (Å²) in [5, 5.41) is 1.32. The molecule has 1 aromatic heterocycles. The number of aromatic nitrogens is 1. The minimum absolute atomic E-state index is 0.121. The minimum Gasteiger partial charge on any atom is -0.399 e. The first kappa shape index (κ1) is 18.1. The second-order valence-electron chi connectivity index (χ2n) is 5.14. The Kier molecular flexibility index (Phi) is 5.54. The molecule has 0 amide bonds. The second kappa shape index (κ2) is 7.67. The number of ketones is 1. The fourth-order valence-corrected chi connectivity index (χ4v) is 3.81. The van der Waals surface area contributed by atoms with Crippen LogP contribution in [0.1, 0.15) is 15.9 Å². The van der Waals surface area contributed by atoms with Crippen molar-refractivity contribution in [2.24, 2.45) is 0 Å². The van der Waals surface area contributed by atoms with Crippen LogP contribution in [0.4, 0.5) is 5.69 Å². The van der Waals surface area contributed by atoms with Gasteiger partial charge in [0.1, 0.15) is 5.15 Å². The van der Waals surface area contributed by atoms with Gasteiger partial charge in [0.05, 0.1) is 10.0 Å². The fraction of sp³-hybridized carbons (Fsp3) is 0. The highest BCUT2D eigenvalue weighted by atomic mass is 35.5. The lowest BCUT2D eigenvalue weighted by Gasteiger charge is -2.08. The number of nitrogens with two attached hydrogens (primary N) is 1. The van der Waals surface area contributed by atoms with Gasteiger partial charge in [0.2, 0.25) is 0 Å². The van der Waals surface area contributed by atoms with Gasteiger partial charge in [-0.1, -0.05) is 46.6 Å². The van der Waals surface area contributed by atoms with E-state index in [0.29, 0.717) is 32.0 Å². The zero-order valence-electron chi connectivity index (χ0n) is 12.7. The van der Waals surface area contributed by atoms with E-state index in [-0.39, 0.29) is 5.78 Å². The molecule has 0 fully saturated rings. The standard InChI is InChI=1S/C18H11Cl3N2OS/c19-14-7-12(22)8-15(20)18(14)25-13-4-1-10(2-5-13)17(24)11-3-6-16(21)23-9-11/h1-9H,22H2. The summed E-state index contributed by atoms with van der Waals surface area (Å²) < 4.78 is 0. The van der Waals surface area contributed by atoms with Crippen molar-refractivity contribution in [2.45, 2.75) is 9.79 Å². The molecule has 0 saturated heterocycles. The molecule has 0 aliphatic rings. The Bertz CT molecular complexity index is 905. The summed E-state index contributed by atoms with van der Waals surface area (Å²) in [5.41, 5.74) is 7.26. The van der Waals surface area contributed by atoms with Crippen molar-refractivity contribution in [3.63, 3.8) is 0 Å². The maximum atomic E-state index is 12.4. The van der Waals surface area contributed by atoms with Crippen LogP contribution in [-0.4, -0.2) is 10.8 Å². The van der Waals surface area contributed by atoms with E-state index in [1.54, 1.807) is 36.4 Å². The molecule has 3 rings (SSSR count). The zero-order chi connectivity index (χ0) is 18.0. The van der Waals surface area contributed by atoms with Gasteiger partial charge in [0, 0.05) is 32.8 Å². The number of nitrogens with zero attached hydrogens (tertiary/aromatic N) is 1. The predicted octanol–water partition coefficient (Wildman–Crippen LogP) is 6.01. The van der Waals surface area contributed by atoms with Gasteiger partial charge in [0.15, 0.2) is 5.78 Å². The lowest BCUT2D eigenvalue weighted by Crippen LogP contribution is -2.01. The molecule has 0 spiro atoms. The Morgan fingerprint density at radius 3 is 2.08 bits per heavy atom. The van der Waals surface area contributed by atoms with Crippen LogP contribution in [0.5, 0.6) is 0 Å². The van der Waals surface area contributed by atoms with Crippen LogP contribution in [0, 0.1) is 0 Å². The summed E-state index contributed by atoms with van der Waals surface area (Å²) in [7, 11) is 0. The van der Waals surface area contributed by atoms with Crippen LogP contribution in [0.2, 0.25) is 15.2 Å². The highest BCUT2D eigenvalue weighted by Gasteiger charge is 2.12. The number of hydrogen-bond donors (Lipinski definition) is 1. The van der Waals surface area contributed by atoms with E-state index in [2.05, 4.69) is 4.98 Å². The van der Waals surface area contributed by atoms with Gasteiger partial charge >= 0.3 is 0 Å². The van der Waals surface area contributed by atoms with Crippen LogP contribution in [-0.2, 0) is 0 Å². The minimum atomic E-state index is -0.121. The average molecular weight is 410 g/mol. The first-order valence-corrected chi connectivity index (χ1v) is 9.08. The summed E-state index contributed by atoms with van der Waals surface area (Å²) in [4.78, 5) is 18.0. The van der Waals surface area contributed by atoms with E-state index in [9.17, 15) is 4.79 Å². The Morgan fingerprint density at radius 1 is 0.920 bits per heavy atom. The number of hydrogen-bond acceptors (Lipinski definition) is 4. The maximum Gasteiger partial charge on any atom is 0.194 e. The summed E-state index contributed by atoms with van der Waals surface area (Å²) in [6.45, 7) is 0. The third-order valence-electron chi connectivity index (χ3n) is 3.35. The van der Waals surface area contributed by atoms with E-state index >= 15 is 0 Å². The van der Waals surface area contributed by atoms with Gasteiger partial charge in [-0.2, -0.15) is 0 Å². The molecular formula is C18H11Cl3N2OS. The van der Waals surface area contributed by atoms with Gasteiger partial charge in [-0.3, -0.25) is 4.79 Å². The molecule has 25 heavy (non-hydrogen) atoms. The molecule has 3 aromatic rings. The third-order valence-corrected chi connectivity index (χ3v) is 5.54. The van der Waals surface area contributed by atoms with E-state index in [0.717, 1.165) is 9.79 Å². The topological polar surface area (TPSA) is 56.0 Å². The molecule has 0 radical (unpaired) electrons. The number of carbonyl (C=O) groups is 1. The average Bonchev–Trinajstić information content (AvgIpc) is 2.59.